The number of rotatable bonds is 2. The average molecular weight is 180 g/mol. The summed E-state index contributed by atoms with van der Waals surface area (Å²) in [6.45, 7) is 10.8. The van der Waals surface area contributed by atoms with Gasteiger partial charge in [-0.25, -0.2) is 0 Å². The maximum Gasteiger partial charge on any atom is 0.0167 e. The van der Waals surface area contributed by atoms with Crippen LogP contribution in [0.2, 0.25) is 0 Å². The van der Waals surface area contributed by atoms with Crippen LogP contribution >= 0.6 is 0 Å². The second kappa shape index (κ2) is 3.43. The zero-order chi connectivity index (χ0) is 9.31. The lowest BCUT2D eigenvalue weighted by Crippen LogP contribution is -2.35. The number of nitrogens with zero attached hydrogens (tertiary/aromatic N) is 1. The molecule has 2 aliphatic rings. The first-order valence-corrected chi connectivity index (χ1v) is 5.31. The minimum Gasteiger partial charge on any atom is -0.312 e. The Balaban J connectivity index is 1.97. The van der Waals surface area contributed by atoms with E-state index < -0.39 is 0 Å². The number of hydrogen-bond donors (Lipinski definition) is 1. The lowest BCUT2D eigenvalue weighted by Gasteiger charge is -2.22. The maximum atomic E-state index is 3.82. The van der Waals surface area contributed by atoms with Gasteiger partial charge in [-0.05, 0) is 25.2 Å². The Morgan fingerprint density at radius 2 is 2.38 bits per heavy atom. The Labute approximate surface area is 81.0 Å². The van der Waals surface area contributed by atoms with E-state index in [1.54, 1.807) is 0 Å². The van der Waals surface area contributed by atoms with Crippen molar-refractivity contribution in [3.8, 4) is 0 Å². The molecule has 1 aliphatic heterocycles. The smallest absolute Gasteiger partial charge is 0.0167 e. The highest BCUT2D eigenvalue weighted by Gasteiger charge is 2.44. The first-order valence-electron chi connectivity index (χ1n) is 5.31. The van der Waals surface area contributed by atoms with Crippen molar-refractivity contribution in [2.75, 3.05) is 26.2 Å². The molecule has 0 aromatic heterocycles. The van der Waals surface area contributed by atoms with Crippen molar-refractivity contribution in [3.63, 3.8) is 0 Å². The molecule has 0 amide bonds. The predicted molar refractivity (Wildman–Crippen MR) is 55.8 cm³/mol. The van der Waals surface area contributed by atoms with Gasteiger partial charge in [0.2, 0.25) is 0 Å². The van der Waals surface area contributed by atoms with Gasteiger partial charge in [0.25, 0.3) is 0 Å². The highest BCUT2D eigenvalue weighted by molar-refractivity contribution is 5.00. The summed E-state index contributed by atoms with van der Waals surface area (Å²) in [5.74, 6) is 0. The normalized spacial score (nSPS) is 32.8. The van der Waals surface area contributed by atoms with Crippen molar-refractivity contribution in [1.82, 2.24) is 10.2 Å². The molecular formula is C11H20N2. The highest BCUT2D eigenvalue weighted by atomic mass is 15.2. The van der Waals surface area contributed by atoms with Crippen LogP contribution in [0.3, 0.4) is 0 Å². The molecule has 0 aromatic rings. The van der Waals surface area contributed by atoms with Gasteiger partial charge in [0.1, 0.15) is 0 Å². The molecule has 0 radical (unpaired) electrons. The van der Waals surface area contributed by atoms with Crippen molar-refractivity contribution in [3.05, 3.63) is 12.7 Å². The van der Waals surface area contributed by atoms with Gasteiger partial charge in [0, 0.05) is 32.2 Å². The van der Waals surface area contributed by atoms with Gasteiger partial charge in [-0.2, -0.15) is 0 Å². The van der Waals surface area contributed by atoms with Gasteiger partial charge in [0.15, 0.2) is 0 Å². The zero-order valence-corrected chi connectivity index (χ0v) is 8.55. The molecule has 1 atom stereocenters. The Bertz CT molecular complexity index is 196. The monoisotopic (exact) mass is 180 g/mol. The molecule has 1 saturated carbocycles. The highest BCUT2D eigenvalue weighted by Crippen LogP contribution is 2.46. The van der Waals surface area contributed by atoms with Crippen molar-refractivity contribution in [1.29, 1.82) is 0 Å². The Morgan fingerprint density at radius 1 is 1.62 bits per heavy atom. The molecule has 74 valence electrons. The molecule has 13 heavy (non-hydrogen) atoms. The topological polar surface area (TPSA) is 15.3 Å². The van der Waals surface area contributed by atoms with Crippen LogP contribution in [0, 0.1) is 5.41 Å². The second-order valence-corrected chi connectivity index (χ2v) is 4.76. The first kappa shape index (κ1) is 9.22. The maximum absolute atomic E-state index is 3.82. The predicted octanol–water partition coefficient (Wildman–Crippen LogP) is 1.25. The molecule has 0 bridgehead atoms. The fourth-order valence-electron chi connectivity index (χ4n) is 2.27. The standard InChI is InChI=1S/C11H20N2/c1-3-6-13-7-10(2)12-8-11(9-13)4-5-11/h3,10,12H,1,4-9H2,2H3. The van der Waals surface area contributed by atoms with Gasteiger partial charge in [-0.15, -0.1) is 6.58 Å². The summed E-state index contributed by atoms with van der Waals surface area (Å²) >= 11 is 0. The van der Waals surface area contributed by atoms with Crippen LogP contribution in [0.1, 0.15) is 19.8 Å². The lowest BCUT2D eigenvalue weighted by atomic mass is 10.1. The third-order valence-electron chi connectivity index (χ3n) is 3.26. The Morgan fingerprint density at radius 3 is 3.00 bits per heavy atom. The fourth-order valence-corrected chi connectivity index (χ4v) is 2.27. The molecule has 2 fully saturated rings. The largest absolute Gasteiger partial charge is 0.312 e. The van der Waals surface area contributed by atoms with Crippen LogP contribution in [0.15, 0.2) is 12.7 Å². The quantitative estimate of drug-likeness (QED) is 0.643. The molecule has 2 nitrogen and oxygen atoms in total. The van der Waals surface area contributed by atoms with Crippen molar-refractivity contribution in [2.24, 2.45) is 5.41 Å². The van der Waals surface area contributed by atoms with Crippen LogP contribution < -0.4 is 5.32 Å². The summed E-state index contributed by atoms with van der Waals surface area (Å²) in [7, 11) is 0. The second-order valence-electron chi connectivity index (χ2n) is 4.76. The molecule has 2 heteroatoms. The molecule has 1 aliphatic carbocycles. The van der Waals surface area contributed by atoms with Crippen molar-refractivity contribution in [2.45, 2.75) is 25.8 Å². The van der Waals surface area contributed by atoms with Crippen molar-refractivity contribution < 1.29 is 0 Å². The summed E-state index contributed by atoms with van der Waals surface area (Å²) in [5, 5.41) is 3.61. The van der Waals surface area contributed by atoms with E-state index in [0.717, 1.165) is 6.54 Å². The zero-order valence-electron chi connectivity index (χ0n) is 8.55. The summed E-state index contributed by atoms with van der Waals surface area (Å²) in [6.07, 6.45) is 4.86. The van der Waals surface area contributed by atoms with E-state index in [1.807, 2.05) is 6.08 Å². The van der Waals surface area contributed by atoms with Crippen LogP contribution in [-0.2, 0) is 0 Å². The van der Waals surface area contributed by atoms with Gasteiger partial charge in [-0.1, -0.05) is 6.08 Å². The molecule has 1 N–H and O–H groups in total. The van der Waals surface area contributed by atoms with E-state index in [1.165, 1.54) is 32.5 Å². The van der Waals surface area contributed by atoms with Crippen LogP contribution in [0.4, 0.5) is 0 Å². The SMILES string of the molecule is C=CCN1CC(C)NCC2(CC2)C1. The Hall–Kier alpha value is -0.340. The van der Waals surface area contributed by atoms with E-state index in [0.29, 0.717) is 11.5 Å². The van der Waals surface area contributed by atoms with E-state index in [9.17, 15) is 0 Å². The average Bonchev–Trinajstić information content (AvgIpc) is 2.84. The van der Waals surface area contributed by atoms with E-state index in [2.05, 4.69) is 23.7 Å². The van der Waals surface area contributed by atoms with Gasteiger partial charge in [0.05, 0.1) is 0 Å². The summed E-state index contributed by atoms with van der Waals surface area (Å²) < 4.78 is 0. The molecule has 1 saturated heterocycles. The summed E-state index contributed by atoms with van der Waals surface area (Å²) in [4.78, 5) is 2.53. The van der Waals surface area contributed by atoms with E-state index in [-0.39, 0.29) is 0 Å². The molecular weight excluding hydrogens is 160 g/mol. The van der Waals surface area contributed by atoms with Gasteiger partial charge >= 0.3 is 0 Å². The van der Waals surface area contributed by atoms with Gasteiger partial charge in [-0.3, -0.25) is 4.90 Å². The minimum absolute atomic E-state index is 0.633. The third kappa shape index (κ3) is 2.12. The van der Waals surface area contributed by atoms with Crippen molar-refractivity contribution >= 4 is 0 Å². The summed E-state index contributed by atoms with van der Waals surface area (Å²) in [6, 6.07) is 0.639. The summed E-state index contributed by atoms with van der Waals surface area (Å²) in [5.41, 5.74) is 0.633. The molecule has 1 spiro atoms. The van der Waals surface area contributed by atoms with Gasteiger partial charge < -0.3 is 5.32 Å². The first-order chi connectivity index (χ1) is 6.24. The van der Waals surface area contributed by atoms with Crippen LogP contribution in [0.5, 0.6) is 0 Å². The van der Waals surface area contributed by atoms with E-state index >= 15 is 0 Å². The number of nitrogens with one attached hydrogen (secondary N) is 1. The molecule has 2 rings (SSSR count). The molecule has 0 aromatic carbocycles. The van der Waals surface area contributed by atoms with E-state index in [4.69, 9.17) is 0 Å². The number of hydrogen-bond acceptors (Lipinski definition) is 2. The molecule has 1 unspecified atom stereocenters. The molecule has 1 heterocycles. The van der Waals surface area contributed by atoms with Crippen LogP contribution in [0.25, 0.3) is 0 Å². The van der Waals surface area contributed by atoms with Crippen LogP contribution in [-0.4, -0.2) is 37.1 Å². The minimum atomic E-state index is 0.633. The fraction of sp³-hybridized carbons (Fsp3) is 0.818. The third-order valence-corrected chi connectivity index (χ3v) is 3.26. The Kier molecular flexibility index (Phi) is 2.43. The lowest BCUT2D eigenvalue weighted by molar-refractivity contribution is 0.262.